The Morgan fingerprint density at radius 1 is 1.11 bits per heavy atom. The van der Waals surface area contributed by atoms with Gasteiger partial charge in [-0.15, -0.1) is 0 Å². The first-order valence-electron chi connectivity index (χ1n) is 0.698. The van der Waals surface area contributed by atoms with Crippen molar-refractivity contribution >= 4 is 175 Å². The molecule has 1 radical (unpaired) electrons. The quantitative estimate of drug-likeness (QED) is 0.198. The first-order valence-corrected chi connectivity index (χ1v) is 3.19. The molecule has 0 fully saturated rings. The predicted octanol–water partition coefficient (Wildman–Crippen LogP) is -2.23. The van der Waals surface area contributed by atoms with Gasteiger partial charge in [-0.25, -0.2) is 0 Å². The zero-order chi connectivity index (χ0) is 4.50. The molecule has 0 aromatic heterocycles. The van der Waals surface area contributed by atoms with E-state index in [0.29, 0.717) is 0 Å². The van der Waals surface area contributed by atoms with Crippen LogP contribution in [0.15, 0.2) is 0 Å². The molecule has 0 unspecified atom stereocenters. The molecule has 0 bridgehead atoms. The fourth-order valence-corrected chi connectivity index (χ4v) is 0. The first-order chi connectivity index (χ1) is 2.00. The second-order valence-electron chi connectivity index (χ2n) is 0.448. The van der Waals surface area contributed by atoms with Crippen molar-refractivity contribution in [1.29, 1.82) is 0 Å². The fraction of sp³-hybridized carbons (Fsp3) is 0. The van der Waals surface area contributed by atoms with E-state index in [2.05, 4.69) is 11.7 Å². The SMILES string of the molecule is O=S(=O)(O)S.[Au].[KH].[KH].[KH]. The van der Waals surface area contributed by atoms with E-state index in [1.54, 1.807) is 0 Å². The number of rotatable bonds is 0. The van der Waals surface area contributed by atoms with Gasteiger partial charge < -0.3 is 0 Å². The van der Waals surface area contributed by atoms with E-state index >= 15 is 0 Å². The Labute approximate surface area is 203 Å². The van der Waals surface area contributed by atoms with Crippen LogP contribution in [0.5, 0.6) is 0 Å². The molecule has 0 heterocycles. The Kier molecular flexibility index (Phi) is 53.3. The summed E-state index contributed by atoms with van der Waals surface area (Å²) in [4.78, 5) is 0. The van der Waals surface area contributed by atoms with Crippen molar-refractivity contribution in [2.24, 2.45) is 0 Å². The van der Waals surface area contributed by atoms with Crippen LogP contribution in [0.4, 0.5) is 0 Å². The molecule has 0 atom stereocenters. The molecule has 0 aromatic rings. The van der Waals surface area contributed by atoms with Gasteiger partial charge in [0.15, 0.2) is 0 Å². The molecule has 0 aliphatic rings. The Balaban J connectivity index is -0.0000000133. The third kappa shape index (κ3) is 56.5. The minimum atomic E-state index is -3.97. The molecule has 49 valence electrons. The summed E-state index contributed by atoms with van der Waals surface area (Å²) in [5.41, 5.74) is 0. The van der Waals surface area contributed by atoms with Crippen molar-refractivity contribution in [3.05, 3.63) is 0 Å². The van der Waals surface area contributed by atoms with Crippen LogP contribution in [0, 0.1) is 0 Å². The molecule has 9 heavy (non-hydrogen) atoms. The van der Waals surface area contributed by atoms with Gasteiger partial charge in [0, 0.05) is 22.4 Å². The molecule has 0 aliphatic heterocycles. The first kappa shape index (κ1) is 29.4. The summed E-state index contributed by atoms with van der Waals surface area (Å²) in [6.07, 6.45) is 0. The van der Waals surface area contributed by atoms with Crippen LogP contribution in [-0.4, -0.2) is 167 Å². The van der Waals surface area contributed by atoms with Gasteiger partial charge in [0.2, 0.25) is 0 Å². The fourth-order valence-electron chi connectivity index (χ4n) is 0. The molecule has 0 aromatic carbocycles. The van der Waals surface area contributed by atoms with E-state index in [0.717, 1.165) is 0 Å². The van der Waals surface area contributed by atoms with E-state index in [-0.39, 0.29) is 177 Å². The summed E-state index contributed by atoms with van der Waals surface area (Å²) >= 11 is 2.65. The van der Waals surface area contributed by atoms with Gasteiger partial charge >= 0.3 is 163 Å². The van der Waals surface area contributed by atoms with E-state index in [1.807, 2.05) is 0 Å². The Morgan fingerprint density at radius 2 is 1.11 bits per heavy atom. The van der Waals surface area contributed by atoms with Crippen molar-refractivity contribution in [2.45, 2.75) is 0 Å². The van der Waals surface area contributed by atoms with Crippen LogP contribution in [0.25, 0.3) is 0 Å². The summed E-state index contributed by atoms with van der Waals surface area (Å²) < 4.78 is 25.5. The Hall–Kier alpha value is 5.91. The molecule has 3 nitrogen and oxygen atoms in total. The average molecular weight is 431 g/mol. The van der Waals surface area contributed by atoms with Gasteiger partial charge in [0.25, 0.3) is 0 Å². The molecule has 1 N–H and O–H groups in total. The van der Waals surface area contributed by atoms with Gasteiger partial charge in [-0.05, 0) is 11.7 Å². The molecular formula is H5AuK3O3S2. The second kappa shape index (κ2) is 16.3. The van der Waals surface area contributed by atoms with Crippen LogP contribution < -0.4 is 0 Å². The van der Waals surface area contributed by atoms with Crippen molar-refractivity contribution in [2.75, 3.05) is 0 Å². The summed E-state index contributed by atoms with van der Waals surface area (Å²) in [6.45, 7) is 0. The number of thiol groups is 1. The van der Waals surface area contributed by atoms with Crippen molar-refractivity contribution < 1.29 is 35.4 Å². The minimum absolute atomic E-state index is 0. The van der Waals surface area contributed by atoms with Gasteiger partial charge in [0.1, 0.15) is 0 Å². The van der Waals surface area contributed by atoms with Crippen LogP contribution in [-0.2, 0) is 31.5 Å². The van der Waals surface area contributed by atoms with E-state index in [4.69, 9.17) is 13.0 Å². The summed E-state index contributed by atoms with van der Waals surface area (Å²) in [6, 6.07) is 0. The molecule has 0 aliphatic carbocycles. The van der Waals surface area contributed by atoms with E-state index < -0.39 is 9.15 Å². The van der Waals surface area contributed by atoms with Gasteiger partial charge in [0.05, 0.1) is 0 Å². The van der Waals surface area contributed by atoms with Crippen molar-refractivity contribution in [3.8, 4) is 0 Å². The second-order valence-corrected chi connectivity index (χ2v) is 2.73. The predicted molar refractivity (Wildman–Crippen MR) is 42.0 cm³/mol. The van der Waals surface area contributed by atoms with Gasteiger partial charge in [-0.3, -0.25) is 4.55 Å². The average Bonchev–Trinajstić information content (AvgIpc) is 0.722. The normalized spacial score (nSPS) is 6.44. The third-order valence-corrected chi connectivity index (χ3v) is 0. The summed E-state index contributed by atoms with van der Waals surface area (Å²) in [5.74, 6) is 0. The zero-order valence-corrected chi connectivity index (χ0v) is 6.30. The molecule has 0 rings (SSSR count). The number of hydrogen-bond donors (Lipinski definition) is 2. The summed E-state index contributed by atoms with van der Waals surface area (Å²) in [5, 5.41) is 0. The molecule has 0 amide bonds. The molecule has 0 saturated heterocycles. The maximum absolute atomic E-state index is 9.05. The zero-order valence-electron chi connectivity index (χ0n) is 2.42. The molecule has 0 spiro atoms. The standard InChI is InChI=1S/Au.3K.H2O3S2.3H/c;;;;1-5(2,3)4;;;/h;;;;(H2,1,2,3,4);;;. The molecule has 0 saturated carbocycles. The maximum atomic E-state index is 9.05. The van der Waals surface area contributed by atoms with Gasteiger partial charge in [-0.1, -0.05) is 0 Å². The molecular weight excluding hydrogens is 426 g/mol. The van der Waals surface area contributed by atoms with Gasteiger partial charge in [-0.2, -0.15) is 8.42 Å². The van der Waals surface area contributed by atoms with Crippen LogP contribution in [0.2, 0.25) is 0 Å². The Morgan fingerprint density at radius 3 is 1.11 bits per heavy atom. The third-order valence-electron chi connectivity index (χ3n) is 0. The molecule has 9 heteroatoms. The van der Waals surface area contributed by atoms with Crippen LogP contribution >= 0.6 is 11.7 Å². The van der Waals surface area contributed by atoms with E-state index in [9.17, 15) is 0 Å². The van der Waals surface area contributed by atoms with Crippen molar-refractivity contribution in [3.63, 3.8) is 0 Å². The number of hydrogen-bond acceptors (Lipinski definition) is 2. The van der Waals surface area contributed by atoms with E-state index in [1.165, 1.54) is 0 Å². The monoisotopic (exact) mass is 431 g/mol. The topological polar surface area (TPSA) is 54.4 Å². The Bertz CT molecular complexity index is 100. The van der Waals surface area contributed by atoms with Crippen molar-refractivity contribution in [1.82, 2.24) is 0 Å². The van der Waals surface area contributed by atoms with Crippen LogP contribution in [0.3, 0.4) is 0 Å². The summed E-state index contributed by atoms with van der Waals surface area (Å²) in [7, 11) is -3.97. The van der Waals surface area contributed by atoms with Crippen LogP contribution in [0.1, 0.15) is 0 Å².